The van der Waals surface area contributed by atoms with Crippen LogP contribution in [0, 0.1) is 5.92 Å². The molecule has 0 fully saturated rings. The van der Waals surface area contributed by atoms with Gasteiger partial charge in [0.2, 0.25) is 11.8 Å². The first-order valence-corrected chi connectivity index (χ1v) is 10.1. The smallest absolute Gasteiger partial charge is 0.326 e. The summed E-state index contributed by atoms with van der Waals surface area (Å²) in [4.78, 5) is 61.7. The number of carbonyl (C=O) groups excluding carboxylic acids is 3. The van der Waals surface area contributed by atoms with E-state index < -0.39 is 54.1 Å². The maximum absolute atomic E-state index is 12.1. The quantitative estimate of drug-likeness (QED) is 0.0515. The van der Waals surface area contributed by atoms with Gasteiger partial charge in [0.25, 0.3) is 0 Å². The zero-order chi connectivity index (χ0) is 24.0. The van der Waals surface area contributed by atoms with Crippen molar-refractivity contribution < 1.29 is 34.2 Å². The third kappa shape index (κ3) is 13.1. The van der Waals surface area contributed by atoms with E-state index >= 15 is 0 Å². The summed E-state index contributed by atoms with van der Waals surface area (Å²) in [6.07, 6.45) is -0.00952. The normalized spacial score (nSPS) is 13.4. The van der Waals surface area contributed by atoms with Crippen LogP contribution in [0.1, 0.15) is 32.1 Å². The lowest BCUT2D eigenvalue weighted by atomic mass is 9.99. The molecule has 0 bridgehead atoms. The number of guanidine groups is 1. The van der Waals surface area contributed by atoms with Crippen LogP contribution in [0.3, 0.4) is 0 Å². The summed E-state index contributed by atoms with van der Waals surface area (Å²) in [6.45, 7) is -0.316. The van der Waals surface area contributed by atoms with Crippen LogP contribution in [0.5, 0.6) is 0 Å². The van der Waals surface area contributed by atoms with Crippen molar-refractivity contribution in [1.82, 2.24) is 10.6 Å². The predicted octanol–water partition coefficient (Wildman–Crippen LogP) is -2.58. The largest absolute Gasteiger partial charge is 0.480 e. The van der Waals surface area contributed by atoms with E-state index in [1.807, 2.05) is 0 Å². The second-order valence-electron chi connectivity index (χ2n) is 6.73. The SMILES string of the molecule is NC(N)=NCCC[C@H](N)C(=O)N[C@@H](CCC(=O)C[C@@H](CS)C(=O)NCC(=O)O)C(=O)O. The van der Waals surface area contributed by atoms with Gasteiger partial charge in [0.05, 0.1) is 12.0 Å². The van der Waals surface area contributed by atoms with E-state index in [2.05, 4.69) is 28.3 Å². The first-order chi connectivity index (χ1) is 14.5. The van der Waals surface area contributed by atoms with Gasteiger partial charge in [-0.1, -0.05) is 0 Å². The molecule has 13 nitrogen and oxygen atoms in total. The predicted molar refractivity (Wildman–Crippen MR) is 114 cm³/mol. The van der Waals surface area contributed by atoms with Gasteiger partial charge in [0, 0.05) is 25.1 Å². The van der Waals surface area contributed by atoms with Crippen molar-refractivity contribution in [1.29, 1.82) is 0 Å². The Labute approximate surface area is 184 Å². The molecule has 0 saturated heterocycles. The van der Waals surface area contributed by atoms with Crippen molar-refractivity contribution in [2.45, 2.75) is 44.2 Å². The molecule has 0 aliphatic rings. The van der Waals surface area contributed by atoms with E-state index in [4.69, 9.17) is 22.3 Å². The summed E-state index contributed by atoms with van der Waals surface area (Å²) in [5, 5.41) is 22.3. The van der Waals surface area contributed by atoms with Gasteiger partial charge in [-0.2, -0.15) is 12.6 Å². The fraction of sp³-hybridized carbons (Fsp3) is 0.647. The van der Waals surface area contributed by atoms with Gasteiger partial charge in [-0.15, -0.1) is 0 Å². The highest BCUT2D eigenvalue weighted by molar-refractivity contribution is 7.80. The topological polar surface area (TPSA) is 240 Å². The number of aliphatic carboxylic acids is 2. The minimum absolute atomic E-state index is 0.00495. The molecule has 10 N–H and O–H groups in total. The maximum Gasteiger partial charge on any atom is 0.326 e. The minimum Gasteiger partial charge on any atom is -0.480 e. The number of nitrogens with one attached hydrogen (secondary N) is 2. The zero-order valence-corrected chi connectivity index (χ0v) is 17.8. The van der Waals surface area contributed by atoms with Crippen LogP contribution >= 0.6 is 12.6 Å². The summed E-state index contributed by atoms with van der Waals surface area (Å²) in [6, 6.07) is -2.31. The number of Topliss-reactive ketones (excluding diaryl/α,β-unsaturated/α-hetero) is 1. The molecule has 0 aromatic rings. The van der Waals surface area contributed by atoms with E-state index in [-0.39, 0.29) is 43.9 Å². The van der Waals surface area contributed by atoms with Crippen molar-refractivity contribution >= 4 is 48.1 Å². The molecule has 31 heavy (non-hydrogen) atoms. The van der Waals surface area contributed by atoms with Crippen LogP contribution in [0.25, 0.3) is 0 Å². The Bertz CT molecular complexity index is 684. The summed E-state index contributed by atoms with van der Waals surface area (Å²) < 4.78 is 0. The van der Waals surface area contributed by atoms with Gasteiger partial charge in [-0.25, -0.2) is 4.79 Å². The Morgan fingerprint density at radius 1 is 1.03 bits per heavy atom. The van der Waals surface area contributed by atoms with E-state index in [1.165, 1.54) is 0 Å². The molecule has 0 radical (unpaired) electrons. The molecule has 176 valence electrons. The van der Waals surface area contributed by atoms with E-state index in [0.29, 0.717) is 6.42 Å². The average Bonchev–Trinajstić information content (AvgIpc) is 2.69. The molecule has 0 aromatic carbocycles. The molecule has 0 aliphatic heterocycles. The Balaban J connectivity index is 4.59. The van der Waals surface area contributed by atoms with Crippen molar-refractivity contribution in [3.63, 3.8) is 0 Å². The summed E-state index contributed by atoms with van der Waals surface area (Å²) in [7, 11) is 0. The third-order valence-corrected chi connectivity index (χ3v) is 4.55. The van der Waals surface area contributed by atoms with Crippen molar-refractivity contribution in [2.24, 2.45) is 28.1 Å². The second kappa shape index (κ2) is 15.0. The van der Waals surface area contributed by atoms with Gasteiger partial charge in [0.15, 0.2) is 5.96 Å². The number of carbonyl (C=O) groups is 5. The minimum atomic E-state index is -1.34. The number of thiol groups is 1. The van der Waals surface area contributed by atoms with Crippen LogP contribution in [0.15, 0.2) is 4.99 Å². The van der Waals surface area contributed by atoms with Gasteiger partial charge in [-0.05, 0) is 19.3 Å². The molecule has 3 atom stereocenters. The first kappa shape index (κ1) is 28.1. The number of rotatable bonds is 16. The molecule has 0 spiro atoms. The summed E-state index contributed by atoms with van der Waals surface area (Å²) in [5.41, 5.74) is 16.1. The Hall–Kier alpha value is -2.87. The van der Waals surface area contributed by atoms with E-state index in [9.17, 15) is 29.1 Å². The Morgan fingerprint density at radius 3 is 2.19 bits per heavy atom. The summed E-state index contributed by atoms with van der Waals surface area (Å²) >= 11 is 3.98. The highest BCUT2D eigenvalue weighted by Crippen LogP contribution is 2.11. The zero-order valence-electron chi connectivity index (χ0n) is 17.0. The molecule has 0 aliphatic carbocycles. The standard InChI is InChI=1S/C17H30N6O7S/c18-11(2-1-5-21-17(19)20)15(28)23-12(16(29)30)4-3-10(24)6-9(8-31)14(27)22-7-13(25)26/h9,11-12,31H,1-8,18H2,(H,22,27)(H,23,28)(H,25,26)(H,29,30)(H4,19,20,21)/t9-,11-,12-/m0/s1. The van der Waals surface area contributed by atoms with Crippen molar-refractivity contribution in [3.8, 4) is 0 Å². The number of ketones is 1. The molecule has 0 unspecified atom stereocenters. The van der Waals surface area contributed by atoms with Crippen molar-refractivity contribution in [3.05, 3.63) is 0 Å². The van der Waals surface area contributed by atoms with Gasteiger partial charge < -0.3 is 38.0 Å². The van der Waals surface area contributed by atoms with Crippen LogP contribution in [0.2, 0.25) is 0 Å². The molecule has 14 heteroatoms. The number of nitrogens with zero attached hydrogens (tertiary/aromatic N) is 1. The molecule has 2 amide bonds. The number of hydrogen-bond donors (Lipinski definition) is 8. The van der Waals surface area contributed by atoms with Crippen LogP contribution in [0.4, 0.5) is 0 Å². The fourth-order valence-electron chi connectivity index (χ4n) is 2.42. The molecule has 0 rings (SSSR count). The number of carboxylic acids is 2. The molecule has 0 heterocycles. The number of nitrogens with two attached hydrogens (primary N) is 3. The van der Waals surface area contributed by atoms with Crippen LogP contribution in [-0.2, 0) is 24.0 Å². The lowest BCUT2D eigenvalue weighted by Crippen LogP contribution is -2.48. The second-order valence-corrected chi connectivity index (χ2v) is 7.09. The van der Waals surface area contributed by atoms with Crippen LogP contribution < -0.4 is 27.8 Å². The number of aliphatic imine (C=N–C) groups is 1. The van der Waals surface area contributed by atoms with Gasteiger partial charge >= 0.3 is 11.9 Å². The van der Waals surface area contributed by atoms with Crippen LogP contribution in [-0.4, -0.2) is 76.6 Å². The molecule has 0 saturated carbocycles. The lowest BCUT2D eigenvalue weighted by Gasteiger charge is -2.18. The molecular formula is C17H30N6O7S. The summed E-state index contributed by atoms with van der Waals surface area (Å²) in [5.74, 6) is -5.26. The van der Waals surface area contributed by atoms with Crippen molar-refractivity contribution in [2.75, 3.05) is 18.8 Å². The Kier molecular flexibility index (Phi) is 13.6. The highest BCUT2D eigenvalue weighted by Gasteiger charge is 2.26. The highest BCUT2D eigenvalue weighted by atomic mass is 32.1. The maximum atomic E-state index is 12.1. The molecular weight excluding hydrogens is 432 g/mol. The lowest BCUT2D eigenvalue weighted by molar-refractivity contribution is -0.142. The van der Waals surface area contributed by atoms with Gasteiger partial charge in [-0.3, -0.25) is 24.2 Å². The average molecular weight is 463 g/mol. The number of carboxylic acid groups (broad SMARTS) is 2. The van der Waals surface area contributed by atoms with E-state index in [0.717, 1.165) is 0 Å². The molecule has 0 aromatic heterocycles. The number of hydrogen-bond acceptors (Lipinski definition) is 8. The van der Waals surface area contributed by atoms with Gasteiger partial charge in [0.1, 0.15) is 18.4 Å². The Morgan fingerprint density at radius 2 is 1.68 bits per heavy atom. The number of amides is 2. The fourth-order valence-corrected chi connectivity index (χ4v) is 2.71. The monoisotopic (exact) mass is 462 g/mol. The first-order valence-electron chi connectivity index (χ1n) is 9.44. The third-order valence-electron chi connectivity index (χ3n) is 4.11. The van der Waals surface area contributed by atoms with E-state index in [1.54, 1.807) is 0 Å².